The smallest absolute Gasteiger partial charge is 0.326 e. The minimum Gasteiger partial charge on any atom is -0.481 e. The van der Waals surface area contributed by atoms with Crippen molar-refractivity contribution >= 4 is 82.9 Å². The number of carbonyl (C=O) groups is 14. The second-order valence-electron chi connectivity index (χ2n) is 15.6. The quantitative estimate of drug-likeness (QED) is 0.0318. The maximum Gasteiger partial charge on any atom is 0.326 e. The Kier molecular flexibility index (Phi) is 23.9. The second-order valence-corrected chi connectivity index (χ2v) is 15.6. The zero-order valence-corrected chi connectivity index (χ0v) is 36.9. The van der Waals surface area contributed by atoms with E-state index in [1.807, 2.05) is 0 Å². The molecule has 0 saturated carbocycles. The fraction of sp³-hybridized carbons (Fsp3) is 0.632. The van der Waals surface area contributed by atoms with Crippen LogP contribution in [-0.4, -0.2) is 170 Å². The molecule has 0 aromatic rings. The molecule has 9 atom stereocenters. The number of nitrogens with one attached hydrogen (secondary N) is 7. The van der Waals surface area contributed by atoms with Gasteiger partial charge in [-0.25, -0.2) is 4.79 Å². The summed E-state index contributed by atoms with van der Waals surface area (Å²) >= 11 is 0. The van der Waals surface area contributed by atoms with E-state index in [4.69, 9.17) is 22.3 Å². The number of amides is 10. The SMILES string of the molecule is CC[C@H](C)[C@H](NC(=O)[C@H](CCC(N)=O)NC(=O)[C@H](C)NC(=O)[C@H](CC(=O)O)NC(=O)CNC(=O)[C@@H](N)CCC(=O)O)C(=O)N[C@@H](CC(=O)O)C(=O)N1CCC[C@H]1C(=O)N[C@@H](CC(N)=O)C(=O)O. The van der Waals surface area contributed by atoms with Gasteiger partial charge >= 0.3 is 23.9 Å². The van der Waals surface area contributed by atoms with Crippen molar-refractivity contribution in [3.8, 4) is 0 Å². The van der Waals surface area contributed by atoms with Gasteiger partial charge < -0.3 is 79.7 Å². The van der Waals surface area contributed by atoms with E-state index in [2.05, 4.69) is 37.2 Å². The number of primary amides is 2. The third-order valence-electron chi connectivity index (χ3n) is 10.2. The van der Waals surface area contributed by atoms with Crippen molar-refractivity contribution in [3.05, 3.63) is 0 Å². The molecule has 1 fully saturated rings. The van der Waals surface area contributed by atoms with Gasteiger partial charge in [0.2, 0.25) is 59.1 Å². The van der Waals surface area contributed by atoms with E-state index in [1.54, 1.807) is 6.92 Å². The molecule has 67 heavy (non-hydrogen) atoms. The Balaban J connectivity index is 3.23. The van der Waals surface area contributed by atoms with Crippen molar-refractivity contribution in [2.75, 3.05) is 13.1 Å². The van der Waals surface area contributed by atoms with Crippen molar-refractivity contribution in [2.45, 2.75) is 133 Å². The average molecular weight is 958 g/mol. The van der Waals surface area contributed by atoms with Gasteiger partial charge in [0.15, 0.2) is 0 Å². The Labute approximate surface area is 381 Å². The van der Waals surface area contributed by atoms with E-state index in [-0.39, 0.29) is 32.2 Å². The van der Waals surface area contributed by atoms with Crippen LogP contribution in [0.3, 0.4) is 0 Å². The van der Waals surface area contributed by atoms with Gasteiger partial charge in [0.1, 0.15) is 42.3 Å². The summed E-state index contributed by atoms with van der Waals surface area (Å²) in [6.07, 6.45) is -4.13. The largest absolute Gasteiger partial charge is 0.481 e. The van der Waals surface area contributed by atoms with Crippen molar-refractivity contribution < 1.29 is 87.5 Å². The second kappa shape index (κ2) is 27.8. The lowest BCUT2D eigenvalue weighted by Gasteiger charge is -2.31. The maximum atomic E-state index is 13.8. The Hall–Kier alpha value is -7.46. The van der Waals surface area contributed by atoms with Crippen molar-refractivity contribution in [1.29, 1.82) is 0 Å². The number of carbonyl (C=O) groups excluding carboxylic acids is 10. The van der Waals surface area contributed by atoms with Gasteiger partial charge in [-0.1, -0.05) is 20.3 Å². The molecule has 1 saturated heterocycles. The lowest BCUT2D eigenvalue weighted by molar-refractivity contribution is -0.147. The fourth-order valence-corrected chi connectivity index (χ4v) is 6.33. The highest BCUT2D eigenvalue weighted by Gasteiger charge is 2.41. The van der Waals surface area contributed by atoms with E-state index < -0.39 is 182 Å². The normalized spacial score (nSPS) is 16.7. The number of nitrogens with two attached hydrogens (primary N) is 3. The van der Waals surface area contributed by atoms with Crippen LogP contribution in [0.5, 0.6) is 0 Å². The first-order valence-electron chi connectivity index (χ1n) is 20.8. The molecular weight excluding hydrogens is 898 g/mol. The topological polar surface area (TPSA) is 485 Å². The number of aliphatic carboxylic acids is 4. The first kappa shape index (κ1) is 57.6. The molecule has 29 nitrogen and oxygen atoms in total. The first-order valence-corrected chi connectivity index (χ1v) is 20.8. The monoisotopic (exact) mass is 957 g/mol. The Morgan fingerprint density at radius 1 is 0.612 bits per heavy atom. The minimum atomic E-state index is -1.85. The van der Waals surface area contributed by atoms with Crippen molar-refractivity contribution in [2.24, 2.45) is 23.1 Å². The molecule has 0 unspecified atom stereocenters. The molecule has 1 aliphatic heterocycles. The molecule has 374 valence electrons. The van der Waals surface area contributed by atoms with Crippen LogP contribution in [0.4, 0.5) is 0 Å². The van der Waals surface area contributed by atoms with Crippen LogP contribution in [-0.2, 0) is 67.1 Å². The molecule has 0 aromatic carbocycles. The van der Waals surface area contributed by atoms with Gasteiger partial charge in [0, 0.05) is 19.4 Å². The van der Waals surface area contributed by atoms with Crippen LogP contribution in [0, 0.1) is 5.92 Å². The van der Waals surface area contributed by atoms with Crippen molar-refractivity contribution in [1.82, 2.24) is 42.1 Å². The van der Waals surface area contributed by atoms with Gasteiger partial charge in [0.25, 0.3) is 0 Å². The van der Waals surface area contributed by atoms with Crippen LogP contribution in [0.1, 0.15) is 85.0 Å². The zero-order chi connectivity index (χ0) is 51.3. The maximum absolute atomic E-state index is 13.8. The fourth-order valence-electron chi connectivity index (χ4n) is 6.33. The lowest BCUT2D eigenvalue weighted by atomic mass is 9.96. The molecule has 10 amide bonds. The summed E-state index contributed by atoms with van der Waals surface area (Å²) in [4.78, 5) is 175. The first-order chi connectivity index (χ1) is 31.2. The highest BCUT2D eigenvalue weighted by molar-refractivity contribution is 5.99. The number of hydrogen-bond donors (Lipinski definition) is 14. The summed E-state index contributed by atoms with van der Waals surface area (Å²) in [6, 6.07) is -12.9. The van der Waals surface area contributed by atoms with Crippen LogP contribution in [0.15, 0.2) is 0 Å². The highest BCUT2D eigenvalue weighted by Crippen LogP contribution is 2.20. The molecular formula is C38H59N11O18. The summed E-state index contributed by atoms with van der Waals surface area (Å²) < 4.78 is 0. The summed E-state index contributed by atoms with van der Waals surface area (Å²) in [5.41, 5.74) is 15.9. The predicted molar refractivity (Wildman–Crippen MR) is 224 cm³/mol. The predicted octanol–water partition coefficient (Wildman–Crippen LogP) is -6.56. The number of hydrogen-bond acceptors (Lipinski definition) is 15. The van der Waals surface area contributed by atoms with Crippen LogP contribution in [0.25, 0.3) is 0 Å². The van der Waals surface area contributed by atoms with Crippen LogP contribution in [0.2, 0.25) is 0 Å². The van der Waals surface area contributed by atoms with Gasteiger partial charge in [-0.3, -0.25) is 62.3 Å². The Morgan fingerprint density at radius 3 is 1.73 bits per heavy atom. The van der Waals surface area contributed by atoms with E-state index in [9.17, 15) is 82.4 Å². The zero-order valence-electron chi connectivity index (χ0n) is 36.9. The van der Waals surface area contributed by atoms with Gasteiger partial charge in [0.05, 0.1) is 31.8 Å². The van der Waals surface area contributed by atoms with Gasteiger partial charge in [-0.15, -0.1) is 0 Å². The standard InChI is InChI=1S/C38H59N11O18/c1-4-16(2)30(36(64)46-21(14-29(57)58)37(65)49-11-5-6-23(49)35(63)47-22(38(66)67)12-25(41)51)48-33(61)19(8-9-24(40)50)45-31(59)17(3)43-34(62)20(13-28(55)56)44-26(52)15-42-32(60)18(39)7-10-27(53)54/h16-23,30H,4-15,39H2,1-3H3,(H2,40,50)(H2,41,51)(H,42,60)(H,43,62)(H,44,52)(H,45,59)(H,46,64)(H,47,63)(H,48,61)(H,53,54)(H,55,56)(H,57,58)(H,66,67)/t16-,17-,18-,19-,20-,21-,22-,23-,30-/m0/s1. The number of carboxylic acid groups (broad SMARTS) is 4. The lowest BCUT2D eigenvalue weighted by Crippen LogP contribution is -2.61. The third kappa shape index (κ3) is 20.5. The van der Waals surface area contributed by atoms with Crippen molar-refractivity contribution in [3.63, 3.8) is 0 Å². The molecule has 1 heterocycles. The van der Waals surface area contributed by atoms with Crippen LogP contribution >= 0.6 is 0 Å². The molecule has 0 spiro atoms. The van der Waals surface area contributed by atoms with E-state index in [1.165, 1.54) is 6.92 Å². The Morgan fingerprint density at radius 2 is 1.19 bits per heavy atom. The Bertz CT molecular complexity index is 1910. The summed E-state index contributed by atoms with van der Waals surface area (Å²) in [6.45, 7) is 3.28. The number of carboxylic acids is 4. The van der Waals surface area contributed by atoms with Gasteiger partial charge in [-0.2, -0.15) is 0 Å². The van der Waals surface area contributed by atoms with E-state index >= 15 is 0 Å². The molecule has 0 aromatic heterocycles. The minimum absolute atomic E-state index is 0.00326. The molecule has 1 rings (SSSR count). The molecule has 1 aliphatic rings. The molecule has 29 heteroatoms. The third-order valence-corrected chi connectivity index (χ3v) is 10.2. The number of nitrogens with zero attached hydrogens (tertiary/aromatic N) is 1. The molecule has 0 aliphatic carbocycles. The highest BCUT2D eigenvalue weighted by atomic mass is 16.4. The van der Waals surface area contributed by atoms with Gasteiger partial charge in [-0.05, 0) is 38.5 Å². The molecule has 0 radical (unpaired) electrons. The van der Waals surface area contributed by atoms with E-state index in [0.717, 1.165) is 11.8 Å². The number of rotatable bonds is 30. The summed E-state index contributed by atoms with van der Waals surface area (Å²) in [5, 5.41) is 52.6. The van der Waals surface area contributed by atoms with Crippen LogP contribution < -0.4 is 54.4 Å². The molecule has 0 bridgehead atoms. The summed E-state index contributed by atoms with van der Waals surface area (Å²) in [5.74, 6) is -17.3. The average Bonchev–Trinajstić information content (AvgIpc) is 3.73. The van der Waals surface area contributed by atoms with E-state index in [0.29, 0.717) is 0 Å². The molecule has 17 N–H and O–H groups in total. The number of likely N-dealkylation sites (tertiary alicyclic amines) is 1. The summed E-state index contributed by atoms with van der Waals surface area (Å²) in [7, 11) is 0.